The van der Waals surface area contributed by atoms with E-state index in [1.807, 2.05) is 54.7 Å². The van der Waals surface area contributed by atoms with Crippen LogP contribution >= 0.6 is 0 Å². The van der Waals surface area contributed by atoms with Gasteiger partial charge in [0.25, 0.3) is 0 Å². The number of aromatic nitrogens is 6. The maximum absolute atomic E-state index is 10.2. The zero-order chi connectivity index (χ0) is 22.9. The lowest BCUT2D eigenvalue weighted by atomic mass is 10.1. The van der Waals surface area contributed by atoms with E-state index in [4.69, 9.17) is 4.98 Å². The fourth-order valence-electron chi connectivity index (χ4n) is 3.61. The molecule has 0 bridgehead atoms. The minimum Gasteiger partial charge on any atom is -0.389 e. The van der Waals surface area contributed by atoms with Gasteiger partial charge < -0.3 is 20.3 Å². The maximum atomic E-state index is 10.2. The molecule has 0 aliphatic carbocycles. The van der Waals surface area contributed by atoms with Gasteiger partial charge in [-0.05, 0) is 25.3 Å². The Bertz CT molecular complexity index is 1190. The second kappa shape index (κ2) is 8.58. The van der Waals surface area contributed by atoms with Gasteiger partial charge in [-0.2, -0.15) is 19.6 Å². The summed E-state index contributed by atoms with van der Waals surface area (Å²) in [6, 6.07) is 10.1. The molecule has 0 aliphatic heterocycles. The Labute approximate surface area is 187 Å². The van der Waals surface area contributed by atoms with Gasteiger partial charge in [-0.3, -0.25) is 0 Å². The summed E-state index contributed by atoms with van der Waals surface area (Å²) >= 11 is 0. The van der Waals surface area contributed by atoms with Crippen LogP contribution < -0.4 is 10.2 Å². The van der Waals surface area contributed by atoms with Crippen molar-refractivity contribution in [1.82, 2.24) is 29.5 Å². The van der Waals surface area contributed by atoms with E-state index >= 15 is 0 Å². The average Bonchev–Trinajstić information content (AvgIpc) is 3.38. The van der Waals surface area contributed by atoms with Crippen LogP contribution in [0.1, 0.15) is 45.0 Å². The summed E-state index contributed by atoms with van der Waals surface area (Å²) in [6.45, 7) is 8.60. The Balaban J connectivity index is 1.63. The summed E-state index contributed by atoms with van der Waals surface area (Å²) in [7, 11) is 1.87. The summed E-state index contributed by atoms with van der Waals surface area (Å²) in [5.41, 5.74) is 2.96. The highest BCUT2D eigenvalue weighted by Crippen LogP contribution is 2.24. The van der Waals surface area contributed by atoms with Crippen LogP contribution in [0.5, 0.6) is 0 Å². The standard InChI is InChI=1S/C23H30N8O/c1-15(2)17-11-26-31-20(17)28-22(30(5)14-23(3,4)32)29-21(31)25-13-19-24-12-18(27-19)16-9-7-6-8-10-16/h6-12,15,32H,13-14H2,1-5H3,(H,24,27)(H,25,28,29). The fourth-order valence-corrected chi connectivity index (χ4v) is 3.61. The quantitative estimate of drug-likeness (QED) is 0.390. The fraction of sp³-hybridized carbons (Fsp3) is 0.391. The molecule has 0 spiro atoms. The van der Waals surface area contributed by atoms with Crippen molar-refractivity contribution in [2.24, 2.45) is 0 Å². The molecule has 3 heterocycles. The normalized spacial score (nSPS) is 12.0. The Morgan fingerprint density at radius 1 is 1.16 bits per heavy atom. The molecular weight excluding hydrogens is 404 g/mol. The van der Waals surface area contributed by atoms with E-state index in [1.54, 1.807) is 18.4 Å². The summed E-state index contributed by atoms with van der Waals surface area (Å²) in [6.07, 6.45) is 3.66. The molecular formula is C23H30N8O. The Hall–Kier alpha value is -3.46. The van der Waals surface area contributed by atoms with Crippen LogP contribution in [0.15, 0.2) is 42.7 Å². The molecule has 9 heteroatoms. The number of nitrogens with zero attached hydrogens (tertiary/aromatic N) is 6. The lowest BCUT2D eigenvalue weighted by molar-refractivity contribution is 0.0883. The molecule has 3 N–H and O–H groups in total. The van der Waals surface area contributed by atoms with Crippen LogP contribution in [-0.2, 0) is 6.54 Å². The smallest absolute Gasteiger partial charge is 0.230 e. The van der Waals surface area contributed by atoms with Gasteiger partial charge in [0, 0.05) is 19.2 Å². The Kier molecular flexibility index (Phi) is 5.84. The van der Waals surface area contributed by atoms with E-state index in [0.717, 1.165) is 28.3 Å². The molecule has 0 saturated heterocycles. The molecule has 0 radical (unpaired) electrons. The molecule has 1 aromatic carbocycles. The zero-order valence-electron chi connectivity index (χ0n) is 19.2. The zero-order valence-corrected chi connectivity index (χ0v) is 19.2. The van der Waals surface area contributed by atoms with Crippen LogP contribution in [-0.4, -0.2) is 53.9 Å². The van der Waals surface area contributed by atoms with Crippen molar-refractivity contribution in [2.45, 2.75) is 45.8 Å². The highest BCUT2D eigenvalue weighted by molar-refractivity contribution is 5.58. The minimum atomic E-state index is -0.874. The van der Waals surface area contributed by atoms with Crippen LogP contribution in [0.2, 0.25) is 0 Å². The highest BCUT2D eigenvalue weighted by Gasteiger charge is 2.21. The number of aromatic amines is 1. The number of fused-ring (bicyclic) bond motifs is 1. The van der Waals surface area contributed by atoms with E-state index < -0.39 is 5.60 Å². The van der Waals surface area contributed by atoms with Gasteiger partial charge in [-0.25, -0.2) is 4.98 Å². The van der Waals surface area contributed by atoms with E-state index in [0.29, 0.717) is 25.0 Å². The van der Waals surface area contributed by atoms with Gasteiger partial charge in [-0.1, -0.05) is 44.2 Å². The Morgan fingerprint density at radius 3 is 2.59 bits per heavy atom. The van der Waals surface area contributed by atoms with E-state index in [1.165, 1.54) is 0 Å². The summed E-state index contributed by atoms with van der Waals surface area (Å²) in [5.74, 6) is 2.14. The van der Waals surface area contributed by atoms with Crippen molar-refractivity contribution >= 4 is 17.5 Å². The average molecular weight is 435 g/mol. The van der Waals surface area contributed by atoms with Crippen molar-refractivity contribution in [3.05, 3.63) is 54.1 Å². The minimum absolute atomic E-state index is 0.265. The van der Waals surface area contributed by atoms with Gasteiger partial charge in [0.05, 0.1) is 30.2 Å². The van der Waals surface area contributed by atoms with E-state index in [9.17, 15) is 5.11 Å². The third kappa shape index (κ3) is 4.72. The molecule has 9 nitrogen and oxygen atoms in total. The van der Waals surface area contributed by atoms with Gasteiger partial charge in [0.15, 0.2) is 5.65 Å². The molecule has 168 valence electrons. The lowest BCUT2D eigenvalue weighted by Crippen LogP contribution is -2.37. The molecule has 4 aromatic rings. The molecule has 0 amide bonds. The number of H-pyrrole nitrogens is 1. The number of imidazole rings is 1. The largest absolute Gasteiger partial charge is 0.389 e. The number of aliphatic hydroxyl groups is 1. The van der Waals surface area contributed by atoms with Gasteiger partial charge in [-0.15, -0.1) is 0 Å². The predicted octanol–water partition coefficient (Wildman–Crippen LogP) is 3.46. The molecule has 0 fully saturated rings. The highest BCUT2D eigenvalue weighted by atomic mass is 16.3. The first-order valence-corrected chi connectivity index (χ1v) is 10.7. The summed E-state index contributed by atoms with van der Waals surface area (Å²) < 4.78 is 1.72. The first-order chi connectivity index (χ1) is 15.2. The first kappa shape index (κ1) is 21.8. The lowest BCUT2D eigenvalue weighted by Gasteiger charge is -2.26. The summed E-state index contributed by atoms with van der Waals surface area (Å²) in [4.78, 5) is 19.1. The second-order valence-corrected chi connectivity index (χ2v) is 8.97. The molecule has 0 atom stereocenters. The third-order valence-electron chi connectivity index (χ3n) is 5.10. The number of benzene rings is 1. The van der Waals surface area contributed by atoms with Crippen molar-refractivity contribution in [3.8, 4) is 11.3 Å². The predicted molar refractivity (Wildman–Crippen MR) is 126 cm³/mol. The van der Waals surface area contributed by atoms with Crippen LogP contribution in [0.3, 0.4) is 0 Å². The van der Waals surface area contributed by atoms with Crippen molar-refractivity contribution in [3.63, 3.8) is 0 Å². The number of hydrogen-bond acceptors (Lipinski definition) is 7. The number of likely N-dealkylation sites (N-methyl/N-ethyl adjacent to an activating group) is 1. The number of rotatable bonds is 8. The Morgan fingerprint density at radius 2 is 1.91 bits per heavy atom. The van der Waals surface area contributed by atoms with Crippen LogP contribution in [0, 0.1) is 0 Å². The van der Waals surface area contributed by atoms with Crippen molar-refractivity contribution < 1.29 is 5.11 Å². The van der Waals surface area contributed by atoms with E-state index in [-0.39, 0.29) is 5.92 Å². The monoisotopic (exact) mass is 434 g/mol. The van der Waals surface area contributed by atoms with Gasteiger partial charge in [0.2, 0.25) is 11.9 Å². The third-order valence-corrected chi connectivity index (χ3v) is 5.10. The molecule has 0 unspecified atom stereocenters. The molecule has 3 aromatic heterocycles. The SMILES string of the molecule is CC(C)c1cnn2c(NCc3ncc(-c4ccccc4)[nH]3)nc(N(C)CC(C)(C)O)nc12. The number of hydrogen-bond donors (Lipinski definition) is 3. The topological polar surface area (TPSA) is 107 Å². The summed E-state index contributed by atoms with van der Waals surface area (Å²) in [5, 5.41) is 18.1. The van der Waals surface area contributed by atoms with Crippen molar-refractivity contribution in [1.29, 1.82) is 0 Å². The van der Waals surface area contributed by atoms with Gasteiger partial charge in [0.1, 0.15) is 5.82 Å². The van der Waals surface area contributed by atoms with Crippen molar-refractivity contribution in [2.75, 3.05) is 23.8 Å². The molecule has 0 aliphatic rings. The first-order valence-electron chi connectivity index (χ1n) is 10.7. The van der Waals surface area contributed by atoms with Gasteiger partial charge >= 0.3 is 0 Å². The molecule has 4 rings (SSSR count). The number of anilines is 2. The van der Waals surface area contributed by atoms with E-state index in [2.05, 4.69) is 39.2 Å². The number of nitrogens with one attached hydrogen (secondary N) is 2. The maximum Gasteiger partial charge on any atom is 0.230 e. The van der Waals surface area contributed by atoms with Crippen LogP contribution in [0.25, 0.3) is 16.9 Å². The molecule has 0 saturated carbocycles. The molecule has 32 heavy (non-hydrogen) atoms. The van der Waals surface area contributed by atoms with Crippen LogP contribution in [0.4, 0.5) is 11.9 Å². The second-order valence-electron chi connectivity index (χ2n) is 8.97.